The number of hydrogen-bond acceptors (Lipinski definition) is 5. The molecule has 1 rings (SSSR count). The van der Waals surface area contributed by atoms with Crippen LogP contribution in [0.5, 0.6) is 11.5 Å². The van der Waals surface area contributed by atoms with Gasteiger partial charge < -0.3 is 19.5 Å². The minimum atomic E-state index is -2.97. The number of rotatable bonds is 7. The highest BCUT2D eigenvalue weighted by molar-refractivity contribution is 5.89. The molecule has 0 saturated heterocycles. The van der Waals surface area contributed by atoms with E-state index in [1.54, 1.807) is 20.8 Å². The number of methoxy groups -OCH3 is 1. The summed E-state index contributed by atoms with van der Waals surface area (Å²) in [4.78, 5) is 23.2. The Morgan fingerprint density at radius 1 is 1.24 bits per heavy atom. The second kappa shape index (κ2) is 9.00. The second-order valence-electron chi connectivity index (χ2n) is 6.03. The summed E-state index contributed by atoms with van der Waals surface area (Å²) in [6.07, 6.45) is 2.52. The molecular weight excluding hydrogens is 336 g/mol. The van der Waals surface area contributed by atoms with Crippen molar-refractivity contribution in [3.8, 4) is 11.5 Å². The lowest BCUT2D eigenvalue weighted by molar-refractivity contribution is -0.144. The molecule has 0 fully saturated rings. The van der Waals surface area contributed by atoms with Crippen LogP contribution in [0.1, 0.15) is 26.3 Å². The Bertz CT molecular complexity index is 638. The third-order valence-electron chi connectivity index (χ3n) is 2.68. The highest BCUT2D eigenvalue weighted by Crippen LogP contribution is 2.29. The van der Waals surface area contributed by atoms with Gasteiger partial charge in [0.2, 0.25) is 0 Å². The van der Waals surface area contributed by atoms with E-state index in [-0.39, 0.29) is 11.5 Å². The van der Waals surface area contributed by atoms with Crippen molar-refractivity contribution in [3.05, 3.63) is 29.8 Å². The lowest BCUT2D eigenvalue weighted by atomic mass is 10.1. The molecular formula is C17H21F2NO5. The number of amides is 1. The summed E-state index contributed by atoms with van der Waals surface area (Å²) in [7, 11) is 1.31. The largest absolute Gasteiger partial charge is 0.493 e. The number of hydrogen-bond donors (Lipinski definition) is 1. The molecule has 8 heteroatoms. The first-order chi connectivity index (χ1) is 11.6. The molecule has 0 radical (unpaired) electrons. The van der Waals surface area contributed by atoms with Crippen molar-refractivity contribution in [2.75, 3.05) is 13.7 Å². The van der Waals surface area contributed by atoms with E-state index in [1.807, 2.05) is 0 Å². The Balaban J connectivity index is 2.62. The quantitative estimate of drug-likeness (QED) is 0.600. The van der Waals surface area contributed by atoms with Gasteiger partial charge in [-0.1, -0.05) is 6.07 Å². The van der Waals surface area contributed by atoms with E-state index in [1.165, 1.54) is 31.4 Å². The number of alkyl halides is 2. The van der Waals surface area contributed by atoms with E-state index in [9.17, 15) is 18.4 Å². The normalized spacial score (nSPS) is 11.5. The van der Waals surface area contributed by atoms with Crippen LogP contribution in [0, 0.1) is 0 Å². The van der Waals surface area contributed by atoms with Gasteiger partial charge >= 0.3 is 12.6 Å². The SMILES string of the molecule is COc1cc(/C=C/C(=O)OCC(=O)NC(C)(C)C)ccc1OC(F)F. The summed E-state index contributed by atoms with van der Waals surface area (Å²) >= 11 is 0. The molecule has 0 atom stereocenters. The maximum atomic E-state index is 12.3. The molecule has 0 aromatic heterocycles. The zero-order valence-corrected chi connectivity index (χ0v) is 14.5. The Kier molecular flexibility index (Phi) is 7.35. The van der Waals surface area contributed by atoms with Crippen LogP contribution in [0.15, 0.2) is 24.3 Å². The van der Waals surface area contributed by atoms with E-state index in [0.717, 1.165) is 6.08 Å². The highest BCUT2D eigenvalue weighted by Gasteiger charge is 2.14. The Morgan fingerprint density at radius 2 is 1.92 bits per heavy atom. The average molecular weight is 357 g/mol. The standard InChI is InChI=1S/C17H21F2NO5/c1-17(2,3)20-14(21)10-24-15(22)8-6-11-5-7-12(25-16(18)19)13(9-11)23-4/h5-9,16H,10H2,1-4H3,(H,20,21)/b8-6+. The molecule has 0 spiro atoms. The third kappa shape index (κ3) is 8.14. The fraction of sp³-hybridized carbons (Fsp3) is 0.412. The van der Waals surface area contributed by atoms with Gasteiger partial charge in [0.15, 0.2) is 18.1 Å². The van der Waals surface area contributed by atoms with Gasteiger partial charge in [-0.2, -0.15) is 8.78 Å². The fourth-order valence-electron chi connectivity index (χ4n) is 1.78. The molecule has 0 bridgehead atoms. The zero-order chi connectivity index (χ0) is 19.0. The lowest BCUT2D eigenvalue weighted by Gasteiger charge is -2.20. The third-order valence-corrected chi connectivity index (χ3v) is 2.68. The lowest BCUT2D eigenvalue weighted by Crippen LogP contribution is -2.42. The monoisotopic (exact) mass is 357 g/mol. The van der Waals surface area contributed by atoms with E-state index in [4.69, 9.17) is 9.47 Å². The molecule has 1 amide bonds. The minimum absolute atomic E-state index is 0.0976. The zero-order valence-electron chi connectivity index (χ0n) is 14.5. The molecule has 0 heterocycles. The van der Waals surface area contributed by atoms with Crippen LogP contribution in [0.2, 0.25) is 0 Å². The van der Waals surface area contributed by atoms with Crippen molar-refractivity contribution in [1.82, 2.24) is 5.32 Å². The van der Waals surface area contributed by atoms with Crippen molar-refractivity contribution in [2.24, 2.45) is 0 Å². The van der Waals surface area contributed by atoms with E-state index < -0.39 is 30.6 Å². The molecule has 138 valence electrons. The summed E-state index contributed by atoms with van der Waals surface area (Å²) in [6, 6.07) is 4.19. The molecule has 1 aromatic carbocycles. The molecule has 0 saturated carbocycles. The van der Waals surface area contributed by atoms with Crippen molar-refractivity contribution < 1.29 is 32.6 Å². The van der Waals surface area contributed by atoms with Crippen molar-refractivity contribution in [1.29, 1.82) is 0 Å². The maximum Gasteiger partial charge on any atom is 0.387 e. The second-order valence-corrected chi connectivity index (χ2v) is 6.03. The minimum Gasteiger partial charge on any atom is -0.493 e. The van der Waals surface area contributed by atoms with Crippen LogP contribution in [0.4, 0.5) is 8.78 Å². The number of ether oxygens (including phenoxy) is 3. The average Bonchev–Trinajstić information content (AvgIpc) is 2.49. The number of benzene rings is 1. The number of carbonyl (C=O) groups excluding carboxylic acids is 2. The molecule has 0 unspecified atom stereocenters. The first kappa shape index (κ1) is 20.4. The Labute approximate surface area is 144 Å². The van der Waals surface area contributed by atoms with Gasteiger partial charge in [-0.3, -0.25) is 4.79 Å². The van der Waals surface area contributed by atoms with E-state index in [0.29, 0.717) is 5.56 Å². The van der Waals surface area contributed by atoms with Gasteiger partial charge in [-0.05, 0) is 44.5 Å². The predicted molar refractivity (Wildman–Crippen MR) is 87.5 cm³/mol. The van der Waals surface area contributed by atoms with Crippen LogP contribution in [0.3, 0.4) is 0 Å². The van der Waals surface area contributed by atoms with Crippen LogP contribution in [0.25, 0.3) is 6.08 Å². The van der Waals surface area contributed by atoms with Crippen molar-refractivity contribution >= 4 is 18.0 Å². The number of esters is 1. The summed E-state index contributed by atoms with van der Waals surface area (Å²) in [5, 5.41) is 2.65. The fourth-order valence-corrected chi connectivity index (χ4v) is 1.78. The van der Waals surface area contributed by atoms with Crippen molar-refractivity contribution in [2.45, 2.75) is 32.9 Å². The topological polar surface area (TPSA) is 73.9 Å². The summed E-state index contributed by atoms with van der Waals surface area (Å²) < 4.78 is 38.6. The highest BCUT2D eigenvalue weighted by atomic mass is 19.3. The Morgan fingerprint density at radius 3 is 2.48 bits per heavy atom. The van der Waals surface area contributed by atoms with Gasteiger partial charge in [-0.25, -0.2) is 4.79 Å². The van der Waals surface area contributed by atoms with E-state index >= 15 is 0 Å². The van der Waals surface area contributed by atoms with Gasteiger partial charge in [0.1, 0.15) is 0 Å². The molecule has 1 aromatic rings. The molecule has 6 nitrogen and oxygen atoms in total. The summed E-state index contributed by atoms with van der Waals surface area (Å²) in [6.45, 7) is 2.05. The maximum absolute atomic E-state index is 12.3. The van der Waals surface area contributed by atoms with Gasteiger partial charge in [0.05, 0.1) is 7.11 Å². The molecule has 25 heavy (non-hydrogen) atoms. The van der Waals surface area contributed by atoms with Gasteiger partial charge in [0.25, 0.3) is 5.91 Å². The smallest absolute Gasteiger partial charge is 0.387 e. The summed E-state index contributed by atoms with van der Waals surface area (Å²) in [5.41, 5.74) is 0.0901. The first-order valence-corrected chi connectivity index (χ1v) is 7.39. The van der Waals surface area contributed by atoms with Gasteiger partial charge in [-0.15, -0.1) is 0 Å². The molecule has 1 N–H and O–H groups in total. The van der Waals surface area contributed by atoms with Crippen molar-refractivity contribution in [3.63, 3.8) is 0 Å². The molecule has 0 aliphatic heterocycles. The van der Waals surface area contributed by atoms with Crippen LogP contribution < -0.4 is 14.8 Å². The van der Waals surface area contributed by atoms with Crippen LogP contribution >= 0.6 is 0 Å². The van der Waals surface area contributed by atoms with Gasteiger partial charge in [0, 0.05) is 11.6 Å². The first-order valence-electron chi connectivity index (χ1n) is 7.39. The van der Waals surface area contributed by atoms with Crippen LogP contribution in [-0.2, 0) is 14.3 Å². The van der Waals surface area contributed by atoms with E-state index in [2.05, 4.69) is 10.1 Å². The number of halogens is 2. The molecule has 0 aliphatic rings. The van der Waals surface area contributed by atoms with Crippen LogP contribution in [-0.4, -0.2) is 37.7 Å². The number of carbonyl (C=O) groups is 2. The number of nitrogens with one attached hydrogen (secondary N) is 1. The predicted octanol–water partition coefficient (Wildman–Crippen LogP) is 2.77. The Hall–Kier alpha value is -2.64. The summed E-state index contributed by atoms with van der Waals surface area (Å²) in [5.74, 6) is -1.14. The molecule has 0 aliphatic carbocycles.